The Morgan fingerprint density at radius 1 is 1.22 bits per heavy atom. The number of nitrogens with zero attached hydrogens (tertiary/aromatic N) is 4. The van der Waals surface area contributed by atoms with Crippen molar-refractivity contribution in [1.29, 1.82) is 0 Å². The molecule has 1 aliphatic rings. The van der Waals surface area contributed by atoms with Crippen LogP contribution < -0.4 is 5.32 Å². The van der Waals surface area contributed by atoms with Crippen molar-refractivity contribution >= 4 is 21.4 Å². The average molecular weight is 390 g/mol. The Morgan fingerprint density at radius 2 is 1.96 bits per heavy atom. The smallest absolute Gasteiger partial charge is 0.214 e. The molecule has 0 aliphatic carbocycles. The summed E-state index contributed by atoms with van der Waals surface area (Å²) in [4.78, 5) is 7.87. The summed E-state index contributed by atoms with van der Waals surface area (Å²) in [6, 6.07) is 6.35. The van der Waals surface area contributed by atoms with Gasteiger partial charge in [-0.05, 0) is 44.5 Å². The minimum Gasteiger partial charge on any atom is -0.373 e. The molecule has 1 aromatic carbocycles. The van der Waals surface area contributed by atoms with E-state index in [0.29, 0.717) is 12.2 Å². The molecule has 2 unspecified atom stereocenters. The summed E-state index contributed by atoms with van der Waals surface area (Å²) >= 11 is 1.52. The van der Waals surface area contributed by atoms with E-state index >= 15 is 0 Å². The summed E-state index contributed by atoms with van der Waals surface area (Å²) in [6.07, 6.45) is 3.55. The highest BCUT2D eigenvalue weighted by Crippen LogP contribution is 2.24. The minimum absolute atomic E-state index is 0.245. The maximum Gasteiger partial charge on any atom is 0.214 e. The number of aromatic nitrogens is 3. The molecule has 3 aromatic rings. The van der Waals surface area contributed by atoms with E-state index in [2.05, 4.69) is 34.1 Å². The molecule has 0 radical (unpaired) electrons. The monoisotopic (exact) mass is 389 g/mol. The largest absolute Gasteiger partial charge is 0.373 e. The van der Waals surface area contributed by atoms with Gasteiger partial charge in [-0.1, -0.05) is 11.3 Å². The zero-order valence-corrected chi connectivity index (χ0v) is 16.4. The van der Waals surface area contributed by atoms with Crippen LogP contribution in [0.4, 0.5) is 9.52 Å². The zero-order chi connectivity index (χ0) is 18.8. The highest BCUT2D eigenvalue weighted by molar-refractivity contribution is 7.20. The summed E-state index contributed by atoms with van der Waals surface area (Å²) in [5, 5.41) is 8.79. The molecule has 8 heteroatoms. The van der Waals surface area contributed by atoms with Crippen molar-refractivity contribution in [2.75, 3.05) is 31.5 Å². The zero-order valence-electron chi connectivity index (χ0n) is 15.6. The third-order valence-electron chi connectivity index (χ3n) is 4.61. The van der Waals surface area contributed by atoms with E-state index in [1.807, 2.05) is 6.20 Å². The molecule has 1 fully saturated rings. The van der Waals surface area contributed by atoms with Crippen LogP contribution in [-0.4, -0.2) is 57.9 Å². The second kappa shape index (κ2) is 7.92. The van der Waals surface area contributed by atoms with Gasteiger partial charge in [0.25, 0.3) is 0 Å². The van der Waals surface area contributed by atoms with Crippen LogP contribution in [0.2, 0.25) is 0 Å². The van der Waals surface area contributed by atoms with Gasteiger partial charge < -0.3 is 10.1 Å². The first-order valence-corrected chi connectivity index (χ1v) is 10.1. The third kappa shape index (κ3) is 4.45. The lowest BCUT2D eigenvalue weighted by Gasteiger charge is -2.35. The molecule has 2 aromatic heterocycles. The number of benzene rings is 1. The first-order chi connectivity index (χ1) is 13.1. The SMILES string of the molecule is CC1CN(CCCNc2nn3cc(-c4ccc(F)cc4)nc3s2)CC(C)O1. The van der Waals surface area contributed by atoms with Gasteiger partial charge in [0, 0.05) is 31.7 Å². The van der Waals surface area contributed by atoms with Crippen LogP contribution in [0.15, 0.2) is 30.5 Å². The lowest BCUT2D eigenvalue weighted by atomic mass is 10.2. The Morgan fingerprint density at radius 3 is 2.67 bits per heavy atom. The van der Waals surface area contributed by atoms with Crippen LogP contribution in [0.25, 0.3) is 16.2 Å². The average Bonchev–Trinajstić information content (AvgIpc) is 3.17. The fraction of sp³-hybridized carbons (Fsp3) is 0.474. The van der Waals surface area contributed by atoms with Gasteiger partial charge >= 0.3 is 0 Å². The van der Waals surface area contributed by atoms with Gasteiger partial charge in [0.2, 0.25) is 10.1 Å². The summed E-state index contributed by atoms with van der Waals surface area (Å²) in [5.74, 6) is -0.245. The highest BCUT2D eigenvalue weighted by atomic mass is 32.1. The van der Waals surface area contributed by atoms with Gasteiger partial charge in [0.15, 0.2) is 0 Å². The Balaban J connectivity index is 1.30. The Bertz CT molecular complexity index is 852. The van der Waals surface area contributed by atoms with E-state index in [1.165, 1.54) is 23.5 Å². The van der Waals surface area contributed by atoms with Gasteiger partial charge in [-0.3, -0.25) is 4.90 Å². The number of fused-ring (bicyclic) bond motifs is 1. The molecule has 0 bridgehead atoms. The molecule has 6 nitrogen and oxygen atoms in total. The number of anilines is 1. The van der Waals surface area contributed by atoms with Gasteiger partial charge in [0.05, 0.1) is 24.1 Å². The molecule has 0 amide bonds. The fourth-order valence-corrected chi connectivity index (χ4v) is 4.30. The predicted molar refractivity (Wildman–Crippen MR) is 106 cm³/mol. The maximum absolute atomic E-state index is 13.1. The van der Waals surface area contributed by atoms with Crippen LogP contribution in [0.3, 0.4) is 0 Å². The topological polar surface area (TPSA) is 54.7 Å². The lowest BCUT2D eigenvalue weighted by Crippen LogP contribution is -2.45. The van der Waals surface area contributed by atoms with Crippen molar-refractivity contribution in [3.05, 3.63) is 36.3 Å². The van der Waals surface area contributed by atoms with E-state index < -0.39 is 0 Å². The van der Waals surface area contributed by atoms with Crippen LogP contribution in [0, 0.1) is 5.82 Å². The number of rotatable bonds is 6. The molecule has 2 atom stereocenters. The van der Waals surface area contributed by atoms with Crippen molar-refractivity contribution in [1.82, 2.24) is 19.5 Å². The molecule has 3 heterocycles. The summed E-state index contributed by atoms with van der Waals surface area (Å²) < 4.78 is 20.6. The molecular weight excluding hydrogens is 365 g/mol. The second-order valence-corrected chi connectivity index (χ2v) is 8.02. The van der Waals surface area contributed by atoms with E-state index in [4.69, 9.17) is 4.74 Å². The summed E-state index contributed by atoms with van der Waals surface area (Å²) in [5.41, 5.74) is 1.69. The van der Waals surface area contributed by atoms with E-state index in [1.54, 1.807) is 16.6 Å². The summed E-state index contributed by atoms with van der Waals surface area (Å²) in [7, 11) is 0. The third-order valence-corrected chi connectivity index (χ3v) is 5.49. The molecule has 0 spiro atoms. The quantitative estimate of drug-likeness (QED) is 0.654. The molecular formula is C19H24FN5OS. The Labute approximate surface area is 162 Å². The minimum atomic E-state index is -0.245. The van der Waals surface area contributed by atoms with E-state index in [-0.39, 0.29) is 5.82 Å². The van der Waals surface area contributed by atoms with Gasteiger partial charge in [-0.25, -0.2) is 13.9 Å². The van der Waals surface area contributed by atoms with E-state index in [0.717, 1.165) is 53.9 Å². The van der Waals surface area contributed by atoms with Crippen molar-refractivity contribution < 1.29 is 9.13 Å². The van der Waals surface area contributed by atoms with Crippen molar-refractivity contribution in [3.8, 4) is 11.3 Å². The fourth-order valence-electron chi connectivity index (χ4n) is 3.50. The molecule has 144 valence electrons. The number of hydrogen-bond acceptors (Lipinski definition) is 6. The Hall–Kier alpha value is -2.03. The number of ether oxygens (including phenoxy) is 1. The molecule has 27 heavy (non-hydrogen) atoms. The van der Waals surface area contributed by atoms with Gasteiger partial charge in [-0.15, -0.1) is 5.10 Å². The van der Waals surface area contributed by atoms with Crippen molar-refractivity contribution in [3.63, 3.8) is 0 Å². The molecule has 1 N–H and O–H groups in total. The van der Waals surface area contributed by atoms with Crippen LogP contribution in [0.5, 0.6) is 0 Å². The molecule has 1 saturated heterocycles. The van der Waals surface area contributed by atoms with Crippen LogP contribution >= 0.6 is 11.3 Å². The number of morpholine rings is 1. The van der Waals surface area contributed by atoms with Gasteiger partial charge in [-0.2, -0.15) is 0 Å². The number of nitrogens with one attached hydrogen (secondary N) is 1. The summed E-state index contributed by atoms with van der Waals surface area (Å²) in [6.45, 7) is 8.20. The normalized spacial score (nSPS) is 21.0. The van der Waals surface area contributed by atoms with Crippen LogP contribution in [-0.2, 0) is 4.74 Å². The first kappa shape index (κ1) is 18.3. The molecule has 4 rings (SSSR count). The number of imidazole rings is 1. The van der Waals surface area contributed by atoms with Gasteiger partial charge in [0.1, 0.15) is 5.82 Å². The standard InChI is InChI=1S/C19H24FN5OS/c1-13-10-24(11-14(2)26-13)9-3-8-21-18-23-25-12-17(22-19(25)27-18)15-4-6-16(20)7-5-15/h4-7,12-14H,3,8-11H2,1-2H3,(H,21,23). The lowest BCUT2D eigenvalue weighted by molar-refractivity contribution is -0.0678. The van der Waals surface area contributed by atoms with Crippen molar-refractivity contribution in [2.45, 2.75) is 32.5 Å². The number of hydrogen-bond donors (Lipinski definition) is 1. The molecule has 0 saturated carbocycles. The maximum atomic E-state index is 13.1. The molecule has 1 aliphatic heterocycles. The Kier molecular flexibility index (Phi) is 5.38. The van der Waals surface area contributed by atoms with Crippen LogP contribution in [0.1, 0.15) is 20.3 Å². The predicted octanol–water partition coefficient (Wildman–Crippen LogP) is 3.51. The van der Waals surface area contributed by atoms with Crippen molar-refractivity contribution in [2.24, 2.45) is 0 Å². The highest BCUT2D eigenvalue weighted by Gasteiger charge is 2.21. The first-order valence-electron chi connectivity index (χ1n) is 9.30. The second-order valence-electron chi connectivity index (χ2n) is 7.06. The van der Waals surface area contributed by atoms with E-state index in [9.17, 15) is 4.39 Å². The number of halogens is 1.